The molecular weight excluding hydrogens is 183 g/mol. The molecule has 4 heteroatoms. The summed E-state index contributed by atoms with van der Waals surface area (Å²) in [5.41, 5.74) is 0. The van der Waals surface area contributed by atoms with Crippen molar-refractivity contribution in [1.29, 1.82) is 0 Å². The van der Waals surface area contributed by atoms with Crippen molar-refractivity contribution in [3.63, 3.8) is 0 Å². The van der Waals surface area contributed by atoms with Gasteiger partial charge in [0.15, 0.2) is 0 Å². The molecule has 0 saturated carbocycles. The number of carboxylic acid groups (broad SMARTS) is 1. The van der Waals surface area contributed by atoms with E-state index in [1.165, 1.54) is 0 Å². The zero-order valence-electron chi connectivity index (χ0n) is 5.47. The number of rotatable bonds is 0. The third kappa shape index (κ3) is 10.3. The van der Waals surface area contributed by atoms with Gasteiger partial charge in [-0.05, 0) is 12.1 Å². The summed E-state index contributed by atoms with van der Waals surface area (Å²) >= 11 is 0. The van der Waals surface area contributed by atoms with Gasteiger partial charge in [-0.2, -0.15) is 0 Å². The Morgan fingerprint density at radius 2 is 1.60 bits per heavy atom. The Bertz CT molecular complexity index is 119. The molecule has 1 aromatic rings. The molecule has 0 amide bonds. The van der Waals surface area contributed by atoms with E-state index in [-0.39, 0.29) is 26.0 Å². The maximum absolute atomic E-state index is 8.36. The molecule has 0 aromatic carbocycles. The standard InChI is InChI=1S/C5H5N.CH2O2.Zn/c1-2-4-6-5-3-1;2-1-3;/h1-5H;1H,(H,2,3);. The van der Waals surface area contributed by atoms with Crippen LogP contribution in [0.4, 0.5) is 0 Å². The first-order valence-corrected chi connectivity index (χ1v) is 2.34. The van der Waals surface area contributed by atoms with Crippen LogP contribution in [0.3, 0.4) is 0 Å². The Morgan fingerprint density at radius 1 is 1.20 bits per heavy atom. The van der Waals surface area contributed by atoms with E-state index in [1.54, 1.807) is 12.4 Å². The van der Waals surface area contributed by atoms with Crippen LogP contribution in [0.25, 0.3) is 0 Å². The Morgan fingerprint density at radius 3 is 1.70 bits per heavy atom. The van der Waals surface area contributed by atoms with Gasteiger partial charge in [0.25, 0.3) is 6.47 Å². The summed E-state index contributed by atoms with van der Waals surface area (Å²) in [5, 5.41) is 6.89. The minimum atomic E-state index is -0.250. The van der Waals surface area contributed by atoms with E-state index < -0.39 is 0 Å². The van der Waals surface area contributed by atoms with E-state index in [2.05, 4.69) is 4.98 Å². The quantitative estimate of drug-likeness (QED) is 0.486. The van der Waals surface area contributed by atoms with Gasteiger partial charge in [-0.15, -0.1) is 0 Å². The van der Waals surface area contributed by atoms with Gasteiger partial charge in [0.05, 0.1) is 0 Å². The first kappa shape index (κ1) is 12.0. The maximum atomic E-state index is 8.36. The Balaban J connectivity index is 0. The molecule has 1 heterocycles. The summed E-state index contributed by atoms with van der Waals surface area (Å²) in [7, 11) is 0. The van der Waals surface area contributed by atoms with E-state index in [0.29, 0.717) is 0 Å². The predicted molar refractivity (Wildman–Crippen MR) is 32.9 cm³/mol. The van der Waals surface area contributed by atoms with Crippen LogP contribution in [0.2, 0.25) is 0 Å². The van der Waals surface area contributed by atoms with Crippen molar-refractivity contribution in [1.82, 2.24) is 4.98 Å². The van der Waals surface area contributed by atoms with Crippen molar-refractivity contribution in [2.24, 2.45) is 0 Å². The second-order valence-electron chi connectivity index (χ2n) is 1.13. The average Bonchev–Trinajstić information content (AvgIpc) is 1.93. The van der Waals surface area contributed by atoms with E-state index >= 15 is 0 Å². The zero-order chi connectivity index (χ0) is 6.95. The minimum absolute atomic E-state index is 0. The molecule has 0 aliphatic rings. The van der Waals surface area contributed by atoms with Crippen molar-refractivity contribution < 1.29 is 29.4 Å². The maximum Gasteiger partial charge on any atom is 0.290 e. The van der Waals surface area contributed by atoms with Gasteiger partial charge in [0.2, 0.25) is 0 Å². The second kappa shape index (κ2) is 11.1. The molecule has 0 saturated heterocycles. The molecule has 0 unspecified atom stereocenters. The van der Waals surface area contributed by atoms with Crippen molar-refractivity contribution >= 4 is 6.47 Å². The van der Waals surface area contributed by atoms with Crippen molar-refractivity contribution in [2.75, 3.05) is 0 Å². The molecule has 0 atom stereocenters. The third-order valence-electron chi connectivity index (χ3n) is 0.566. The monoisotopic (exact) mass is 189 g/mol. The van der Waals surface area contributed by atoms with Crippen LogP contribution in [0.15, 0.2) is 30.6 Å². The number of nitrogens with zero attached hydrogens (tertiary/aromatic N) is 1. The van der Waals surface area contributed by atoms with Crippen LogP contribution < -0.4 is 0 Å². The number of aromatic nitrogens is 1. The molecule has 1 rings (SSSR count). The normalized spacial score (nSPS) is 6.00. The fourth-order valence-electron chi connectivity index (χ4n) is 0.313. The van der Waals surface area contributed by atoms with Gasteiger partial charge >= 0.3 is 0 Å². The SMILES string of the molecule is O=CO.[Zn].c1ccncc1. The van der Waals surface area contributed by atoms with E-state index in [9.17, 15) is 0 Å². The summed E-state index contributed by atoms with van der Waals surface area (Å²) in [6.45, 7) is -0.250. The largest absolute Gasteiger partial charge is 0.483 e. The topological polar surface area (TPSA) is 50.2 Å². The Hall–Kier alpha value is -0.757. The molecule has 0 aliphatic heterocycles. The summed E-state index contributed by atoms with van der Waals surface area (Å²) in [5.74, 6) is 0. The molecule has 0 radical (unpaired) electrons. The van der Waals surface area contributed by atoms with Gasteiger partial charge in [0.1, 0.15) is 0 Å². The van der Waals surface area contributed by atoms with Crippen molar-refractivity contribution in [2.45, 2.75) is 0 Å². The zero-order valence-corrected chi connectivity index (χ0v) is 8.44. The Kier molecular flexibility index (Phi) is 13.3. The van der Waals surface area contributed by atoms with Crippen LogP contribution >= 0.6 is 0 Å². The fourth-order valence-corrected chi connectivity index (χ4v) is 0.313. The van der Waals surface area contributed by atoms with Gasteiger partial charge < -0.3 is 5.11 Å². The number of pyridine rings is 1. The van der Waals surface area contributed by atoms with Gasteiger partial charge in [-0.1, -0.05) is 6.07 Å². The predicted octanol–water partition coefficient (Wildman–Crippen LogP) is 0.780. The molecule has 1 aromatic heterocycles. The fraction of sp³-hybridized carbons (Fsp3) is 0. The number of hydrogen-bond donors (Lipinski definition) is 1. The van der Waals surface area contributed by atoms with Crippen LogP contribution in [-0.2, 0) is 24.3 Å². The van der Waals surface area contributed by atoms with E-state index in [1.807, 2.05) is 18.2 Å². The number of hydrogen-bond acceptors (Lipinski definition) is 2. The smallest absolute Gasteiger partial charge is 0.290 e. The molecule has 1 N–H and O–H groups in total. The van der Waals surface area contributed by atoms with Crippen LogP contribution in [0, 0.1) is 0 Å². The van der Waals surface area contributed by atoms with Crippen LogP contribution in [0.1, 0.15) is 0 Å². The molecule has 0 spiro atoms. The van der Waals surface area contributed by atoms with Gasteiger partial charge in [-0.3, -0.25) is 9.78 Å². The molecule has 10 heavy (non-hydrogen) atoms. The minimum Gasteiger partial charge on any atom is -0.483 e. The first-order valence-electron chi connectivity index (χ1n) is 2.34. The van der Waals surface area contributed by atoms with Crippen LogP contribution in [-0.4, -0.2) is 16.6 Å². The third-order valence-corrected chi connectivity index (χ3v) is 0.566. The second-order valence-corrected chi connectivity index (χ2v) is 1.13. The molecular formula is C6H7NO2Zn. The average molecular weight is 191 g/mol. The summed E-state index contributed by atoms with van der Waals surface area (Å²) in [6, 6.07) is 5.72. The molecule has 0 aliphatic carbocycles. The van der Waals surface area contributed by atoms with Crippen LogP contribution in [0.5, 0.6) is 0 Å². The molecule has 0 bridgehead atoms. The summed E-state index contributed by atoms with van der Waals surface area (Å²) < 4.78 is 0. The van der Waals surface area contributed by atoms with E-state index in [4.69, 9.17) is 9.90 Å². The van der Waals surface area contributed by atoms with Gasteiger partial charge in [0, 0.05) is 31.9 Å². The molecule has 0 fully saturated rings. The summed E-state index contributed by atoms with van der Waals surface area (Å²) in [6.07, 6.45) is 3.50. The number of carbonyl (C=O) groups is 1. The van der Waals surface area contributed by atoms with Crippen molar-refractivity contribution in [3.8, 4) is 0 Å². The van der Waals surface area contributed by atoms with E-state index in [0.717, 1.165) is 0 Å². The first-order chi connectivity index (χ1) is 4.41. The molecule has 3 nitrogen and oxygen atoms in total. The molecule has 50 valence electrons. The van der Waals surface area contributed by atoms with Crippen molar-refractivity contribution in [3.05, 3.63) is 30.6 Å². The summed E-state index contributed by atoms with van der Waals surface area (Å²) in [4.78, 5) is 12.1. The van der Waals surface area contributed by atoms with Gasteiger partial charge in [-0.25, -0.2) is 0 Å². The Labute approximate surface area is 71.9 Å².